The Morgan fingerprint density at radius 1 is 1.35 bits per heavy atom. The Morgan fingerprint density at radius 3 is 2.29 bits per heavy atom. The van der Waals surface area contributed by atoms with Crippen LogP contribution in [-0.4, -0.2) is 25.2 Å². The van der Waals surface area contributed by atoms with Crippen LogP contribution in [0.5, 0.6) is 0 Å². The van der Waals surface area contributed by atoms with Crippen LogP contribution in [0.15, 0.2) is 40.3 Å². The molecule has 0 radical (unpaired) electrons. The van der Waals surface area contributed by atoms with Gasteiger partial charge in [0.2, 0.25) is 0 Å². The van der Waals surface area contributed by atoms with Crippen molar-refractivity contribution >= 4 is 27.4 Å². The molecule has 0 saturated carbocycles. The van der Waals surface area contributed by atoms with Crippen LogP contribution in [0.1, 0.15) is 17.3 Å². The zero-order chi connectivity index (χ0) is 13.1. The highest BCUT2D eigenvalue weighted by atomic mass is 35.5. The molecule has 0 aliphatic carbocycles. The Balaban J connectivity index is 3.05. The molecule has 1 N–H and O–H groups in total. The molecule has 1 rings (SSSR count). The van der Waals surface area contributed by atoms with Gasteiger partial charge < -0.3 is 5.11 Å². The third kappa shape index (κ3) is 3.57. The minimum atomic E-state index is -3.46. The van der Waals surface area contributed by atoms with E-state index < -0.39 is 15.8 Å². The fraction of sp³-hybridized carbons (Fsp3) is 0.182. The van der Waals surface area contributed by atoms with Gasteiger partial charge in [0, 0.05) is 5.54 Å². The van der Waals surface area contributed by atoms with Gasteiger partial charge in [0.05, 0.1) is 16.2 Å². The highest BCUT2D eigenvalue weighted by Gasteiger charge is 2.15. The molecule has 4 nitrogen and oxygen atoms in total. The molecule has 1 aromatic rings. The number of sulfone groups is 1. The van der Waals surface area contributed by atoms with E-state index in [4.69, 9.17) is 16.7 Å². The van der Waals surface area contributed by atoms with Gasteiger partial charge in [-0.3, -0.25) is 0 Å². The fourth-order valence-corrected chi connectivity index (χ4v) is 2.79. The molecule has 17 heavy (non-hydrogen) atoms. The van der Waals surface area contributed by atoms with E-state index in [1.54, 1.807) is 6.92 Å². The first-order valence-electron chi connectivity index (χ1n) is 4.69. The van der Waals surface area contributed by atoms with E-state index in [0.717, 1.165) is 0 Å². The van der Waals surface area contributed by atoms with Crippen molar-refractivity contribution < 1.29 is 18.3 Å². The van der Waals surface area contributed by atoms with Crippen LogP contribution >= 0.6 is 11.6 Å². The lowest BCUT2D eigenvalue weighted by Gasteiger charge is -2.04. The molecular weight excluding hydrogens is 264 g/mol. The van der Waals surface area contributed by atoms with Crippen molar-refractivity contribution in [3.63, 3.8) is 0 Å². The monoisotopic (exact) mass is 274 g/mol. The first kappa shape index (κ1) is 13.7. The Hall–Kier alpha value is -1.33. The molecular formula is C11H11ClO4S. The molecule has 0 saturated heterocycles. The average molecular weight is 275 g/mol. The Kier molecular flexibility index (Phi) is 4.31. The summed E-state index contributed by atoms with van der Waals surface area (Å²) < 4.78 is 23.7. The summed E-state index contributed by atoms with van der Waals surface area (Å²) in [5, 5.41) is 8.69. The standard InChI is InChI=1S/C11H11ClO4S/c1-8(6-12)7-17(15,16)10-4-2-9(3-5-10)11(13)14/h2-6H,7H2,1H3,(H,13,14)/b8-6-. The van der Waals surface area contributed by atoms with Gasteiger partial charge in [-0.15, -0.1) is 0 Å². The minimum absolute atomic E-state index is 0.0496. The molecule has 0 amide bonds. The maximum atomic E-state index is 11.8. The quantitative estimate of drug-likeness (QED) is 0.914. The van der Waals surface area contributed by atoms with Crippen LogP contribution in [0.2, 0.25) is 0 Å². The fourth-order valence-electron chi connectivity index (χ4n) is 1.22. The summed E-state index contributed by atoms with van der Waals surface area (Å²) in [6.07, 6.45) is 0. The van der Waals surface area contributed by atoms with Crippen molar-refractivity contribution in [1.82, 2.24) is 0 Å². The summed E-state index contributed by atoms with van der Waals surface area (Å²) in [5.41, 5.74) is 1.78. The van der Waals surface area contributed by atoms with Gasteiger partial charge in [0.25, 0.3) is 0 Å². The molecule has 0 bridgehead atoms. The molecule has 0 aliphatic rings. The molecule has 0 heterocycles. The summed E-state index contributed by atoms with van der Waals surface area (Å²) in [6, 6.07) is 5.07. The van der Waals surface area contributed by atoms with Crippen LogP contribution in [-0.2, 0) is 9.84 Å². The van der Waals surface area contributed by atoms with Crippen molar-refractivity contribution in [2.24, 2.45) is 0 Å². The molecule has 0 aromatic heterocycles. The number of rotatable bonds is 4. The molecule has 6 heteroatoms. The molecule has 0 fully saturated rings. The van der Waals surface area contributed by atoms with Crippen LogP contribution in [0, 0.1) is 0 Å². The summed E-state index contributed by atoms with van der Waals surface area (Å²) in [6.45, 7) is 1.61. The lowest BCUT2D eigenvalue weighted by atomic mass is 10.2. The van der Waals surface area contributed by atoms with E-state index in [1.807, 2.05) is 0 Å². The first-order chi connectivity index (χ1) is 7.86. The zero-order valence-electron chi connectivity index (χ0n) is 9.05. The van der Waals surface area contributed by atoms with E-state index in [1.165, 1.54) is 29.8 Å². The molecule has 0 atom stereocenters. The first-order valence-corrected chi connectivity index (χ1v) is 6.77. The van der Waals surface area contributed by atoms with Gasteiger partial charge in [-0.25, -0.2) is 13.2 Å². The number of aromatic carboxylic acids is 1. The van der Waals surface area contributed by atoms with Crippen molar-refractivity contribution in [2.45, 2.75) is 11.8 Å². The maximum absolute atomic E-state index is 11.8. The summed E-state index contributed by atoms with van der Waals surface area (Å²) in [4.78, 5) is 10.7. The SMILES string of the molecule is C/C(=C/Cl)CS(=O)(=O)c1ccc(C(=O)O)cc1. The van der Waals surface area contributed by atoms with Crippen LogP contribution in [0.3, 0.4) is 0 Å². The average Bonchev–Trinajstić information content (AvgIpc) is 2.28. The highest BCUT2D eigenvalue weighted by molar-refractivity contribution is 7.91. The predicted molar refractivity (Wildman–Crippen MR) is 65.1 cm³/mol. The van der Waals surface area contributed by atoms with Gasteiger partial charge in [0.1, 0.15) is 0 Å². The molecule has 0 spiro atoms. The van der Waals surface area contributed by atoms with Crippen LogP contribution < -0.4 is 0 Å². The maximum Gasteiger partial charge on any atom is 0.335 e. The normalized spacial score (nSPS) is 12.5. The second-order valence-corrected chi connectivity index (χ2v) is 5.75. The smallest absolute Gasteiger partial charge is 0.335 e. The van der Waals surface area contributed by atoms with Gasteiger partial charge >= 0.3 is 5.97 Å². The summed E-state index contributed by atoms with van der Waals surface area (Å²) in [5.74, 6) is -1.27. The van der Waals surface area contributed by atoms with Crippen molar-refractivity contribution in [3.05, 3.63) is 40.9 Å². The molecule has 0 aliphatic heterocycles. The number of hydrogen-bond acceptors (Lipinski definition) is 3. The highest BCUT2D eigenvalue weighted by Crippen LogP contribution is 2.15. The number of carbonyl (C=O) groups is 1. The van der Waals surface area contributed by atoms with E-state index >= 15 is 0 Å². The molecule has 1 aromatic carbocycles. The Morgan fingerprint density at radius 2 is 1.88 bits per heavy atom. The van der Waals surface area contributed by atoms with Gasteiger partial charge in [-0.05, 0) is 36.8 Å². The third-order valence-corrected chi connectivity index (χ3v) is 4.26. The number of benzene rings is 1. The third-order valence-electron chi connectivity index (χ3n) is 2.06. The minimum Gasteiger partial charge on any atom is -0.478 e. The lowest BCUT2D eigenvalue weighted by Crippen LogP contribution is -2.08. The lowest BCUT2D eigenvalue weighted by molar-refractivity contribution is 0.0697. The van der Waals surface area contributed by atoms with Gasteiger partial charge in [-0.1, -0.05) is 11.6 Å². The summed E-state index contributed by atoms with van der Waals surface area (Å²) in [7, 11) is -3.46. The second-order valence-electron chi connectivity index (χ2n) is 3.54. The van der Waals surface area contributed by atoms with E-state index in [2.05, 4.69) is 0 Å². The number of hydrogen-bond donors (Lipinski definition) is 1. The number of halogens is 1. The van der Waals surface area contributed by atoms with Gasteiger partial charge in [0.15, 0.2) is 9.84 Å². The molecule has 92 valence electrons. The zero-order valence-corrected chi connectivity index (χ0v) is 10.6. The van der Waals surface area contributed by atoms with E-state index in [0.29, 0.717) is 5.57 Å². The van der Waals surface area contributed by atoms with Crippen LogP contribution in [0.25, 0.3) is 0 Å². The largest absolute Gasteiger partial charge is 0.478 e. The predicted octanol–water partition coefficient (Wildman–Crippen LogP) is 2.30. The van der Waals surface area contributed by atoms with Crippen molar-refractivity contribution in [1.29, 1.82) is 0 Å². The Bertz CT molecular complexity index is 543. The Labute approximate surface area is 104 Å². The number of carboxylic acid groups (broad SMARTS) is 1. The van der Waals surface area contributed by atoms with Crippen molar-refractivity contribution in [3.8, 4) is 0 Å². The van der Waals surface area contributed by atoms with E-state index in [-0.39, 0.29) is 16.2 Å². The van der Waals surface area contributed by atoms with Crippen LogP contribution in [0.4, 0.5) is 0 Å². The number of carboxylic acids is 1. The van der Waals surface area contributed by atoms with Crippen molar-refractivity contribution in [2.75, 3.05) is 5.75 Å². The topological polar surface area (TPSA) is 71.4 Å². The van der Waals surface area contributed by atoms with Gasteiger partial charge in [-0.2, -0.15) is 0 Å². The molecule has 0 unspecified atom stereocenters. The second kappa shape index (κ2) is 5.33. The summed E-state index contributed by atoms with van der Waals surface area (Å²) >= 11 is 5.41. The van der Waals surface area contributed by atoms with E-state index in [9.17, 15) is 13.2 Å².